The summed E-state index contributed by atoms with van der Waals surface area (Å²) in [7, 11) is 0. The Morgan fingerprint density at radius 2 is 1.66 bits per heavy atom. The van der Waals surface area contributed by atoms with E-state index in [0.717, 1.165) is 5.56 Å². The Morgan fingerprint density at radius 3 is 2.22 bits per heavy atom. The van der Waals surface area contributed by atoms with Gasteiger partial charge >= 0.3 is 18.0 Å². The van der Waals surface area contributed by atoms with Gasteiger partial charge in [0.2, 0.25) is 5.91 Å². The van der Waals surface area contributed by atoms with Crippen molar-refractivity contribution < 1.29 is 43.3 Å². The molecule has 0 saturated carbocycles. The van der Waals surface area contributed by atoms with Gasteiger partial charge in [0.25, 0.3) is 0 Å². The zero-order chi connectivity index (χ0) is 30.5. The lowest BCUT2D eigenvalue weighted by molar-refractivity contribution is -0.172. The van der Waals surface area contributed by atoms with Crippen LogP contribution < -0.4 is 0 Å². The summed E-state index contributed by atoms with van der Waals surface area (Å²) in [6.07, 6.45) is -0.231. The molecule has 0 unspecified atom stereocenters. The number of benzene rings is 1. The second-order valence-electron chi connectivity index (χ2n) is 12.5. The third kappa shape index (κ3) is 8.06. The van der Waals surface area contributed by atoms with Crippen LogP contribution in [-0.4, -0.2) is 87.1 Å². The molecule has 2 heterocycles. The van der Waals surface area contributed by atoms with E-state index in [9.17, 15) is 29.1 Å². The Hall–Kier alpha value is -3.47. The van der Waals surface area contributed by atoms with Crippen molar-refractivity contribution in [2.45, 2.75) is 109 Å². The standard InChI is InChI=1S/C30H42N2O9/c1-29(2,3)40-24(35)16-23-22-15-20(17-34)25(27(37)41-30(4,5)6)32(22)26(36)21(13-10-14-33)31(23)28(38)39-18-19-11-8-7-9-12-19/h7-9,11-12,17,20-23,25,33H,10,13-16,18H2,1-6H3/t20-,21+,22+,23-,25+/m1/s1. The predicted octanol–water partition coefficient (Wildman–Crippen LogP) is 3.01. The van der Waals surface area contributed by atoms with Gasteiger partial charge < -0.3 is 29.0 Å². The van der Waals surface area contributed by atoms with Gasteiger partial charge in [-0.25, -0.2) is 9.59 Å². The Bertz CT molecular complexity index is 1110. The molecule has 3 rings (SSSR count). The van der Waals surface area contributed by atoms with Gasteiger partial charge in [-0.1, -0.05) is 30.3 Å². The zero-order valence-electron chi connectivity index (χ0n) is 24.7. The molecule has 11 heteroatoms. The highest BCUT2D eigenvalue weighted by molar-refractivity contribution is 5.94. The fourth-order valence-corrected chi connectivity index (χ4v) is 5.46. The maximum atomic E-state index is 14.1. The van der Waals surface area contributed by atoms with Crippen molar-refractivity contribution in [1.82, 2.24) is 9.80 Å². The minimum Gasteiger partial charge on any atom is -0.460 e. The molecule has 226 valence electrons. The lowest BCUT2D eigenvalue weighted by Crippen LogP contribution is -2.68. The average molecular weight is 575 g/mol. The number of esters is 2. The van der Waals surface area contributed by atoms with E-state index < -0.39 is 65.2 Å². The molecule has 2 fully saturated rings. The first-order valence-corrected chi connectivity index (χ1v) is 14.0. The monoisotopic (exact) mass is 574 g/mol. The number of aliphatic hydroxyl groups excluding tert-OH is 1. The predicted molar refractivity (Wildman–Crippen MR) is 147 cm³/mol. The molecule has 41 heavy (non-hydrogen) atoms. The summed E-state index contributed by atoms with van der Waals surface area (Å²) in [5, 5.41) is 9.58. The lowest BCUT2D eigenvalue weighted by Gasteiger charge is -2.49. The molecule has 2 aliphatic rings. The van der Waals surface area contributed by atoms with E-state index in [4.69, 9.17) is 14.2 Å². The van der Waals surface area contributed by atoms with Crippen LogP contribution in [0.4, 0.5) is 4.79 Å². The third-order valence-corrected chi connectivity index (χ3v) is 6.92. The van der Waals surface area contributed by atoms with Crippen molar-refractivity contribution in [2.24, 2.45) is 5.92 Å². The Balaban J connectivity index is 2.04. The Morgan fingerprint density at radius 1 is 1.02 bits per heavy atom. The van der Waals surface area contributed by atoms with Crippen molar-refractivity contribution in [2.75, 3.05) is 6.61 Å². The molecule has 1 N–H and O–H groups in total. The van der Waals surface area contributed by atoms with Gasteiger partial charge in [0.15, 0.2) is 0 Å². The zero-order valence-corrected chi connectivity index (χ0v) is 24.7. The summed E-state index contributed by atoms with van der Waals surface area (Å²) in [5.74, 6) is -2.82. The van der Waals surface area contributed by atoms with Gasteiger partial charge in [-0.2, -0.15) is 0 Å². The number of hydrogen-bond donors (Lipinski definition) is 1. The molecule has 11 nitrogen and oxygen atoms in total. The van der Waals surface area contributed by atoms with Crippen LogP contribution >= 0.6 is 0 Å². The summed E-state index contributed by atoms with van der Waals surface area (Å²) in [4.78, 5) is 68.9. The molecular weight excluding hydrogens is 532 g/mol. The van der Waals surface area contributed by atoms with Gasteiger partial charge in [0.05, 0.1) is 18.5 Å². The van der Waals surface area contributed by atoms with Crippen molar-refractivity contribution in [3.63, 3.8) is 0 Å². The highest BCUT2D eigenvalue weighted by atomic mass is 16.6. The van der Waals surface area contributed by atoms with Gasteiger partial charge in [-0.15, -0.1) is 0 Å². The number of hydrogen-bond acceptors (Lipinski definition) is 9. The fourth-order valence-electron chi connectivity index (χ4n) is 5.46. The summed E-state index contributed by atoms with van der Waals surface area (Å²) in [6, 6.07) is 4.83. The number of rotatable bonds is 9. The molecule has 0 aliphatic carbocycles. The van der Waals surface area contributed by atoms with Gasteiger partial charge in [-0.3, -0.25) is 14.5 Å². The van der Waals surface area contributed by atoms with Crippen LogP contribution in [-0.2, 0) is 40.0 Å². The van der Waals surface area contributed by atoms with Crippen molar-refractivity contribution in [3.05, 3.63) is 35.9 Å². The molecule has 2 aliphatic heterocycles. The molecule has 1 aromatic rings. The van der Waals surface area contributed by atoms with Crippen LogP contribution in [0.2, 0.25) is 0 Å². The number of amides is 2. The number of fused-ring (bicyclic) bond motifs is 1. The van der Waals surface area contributed by atoms with E-state index in [1.54, 1.807) is 65.8 Å². The van der Waals surface area contributed by atoms with Gasteiger partial charge in [-0.05, 0) is 66.4 Å². The minimum atomic E-state index is -1.22. The van der Waals surface area contributed by atoms with E-state index in [0.29, 0.717) is 6.29 Å². The number of ether oxygens (including phenoxy) is 3. The first kappa shape index (κ1) is 32.0. The third-order valence-electron chi connectivity index (χ3n) is 6.92. The molecule has 5 atom stereocenters. The highest BCUT2D eigenvalue weighted by Crippen LogP contribution is 2.41. The van der Waals surface area contributed by atoms with Crippen LogP contribution in [0.25, 0.3) is 0 Å². The average Bonchev–Trinajstić information content (AvgIpc) is 3.27. The first-order chi connectivity index (χ1) is 19.2. The molecule has 0 spiro atoms. The lowest BCUT2D eigenvalue weighted by atomic mass is 9.91. The van der Waals surface area contributed by atoms with Crippen LogP contribution in [0.15, 0.2) is 30.3 Å². The fraction of sp³-hybridized carbons (Fsp3) is 0.633. The number of nitrogens with zero attached hydrogens (tertiary/aromatic N) is 2. The maximum absolute atomic E-state index is 14.1. The topological polar surface area (TPSA) is 140 Å². The van der Waals surface area contributed by atoms with E-state index in [1.165, 1.54) is 9.80 Å². The summed E-state index contributed by atoms with van der Waals surface area (Å²) < 4.78 is 16.8. The normalized spacial score (nSPS) is 24.5. The van der Waals surface area contributed by atoms with Crippen molar-refractivity contribution in [3.8, 4) is 0 Å². The number of carbonyl (C=O) groups excluding carboxylic acids is 5. The molecule has 2 saturated heterocycles. The quantitative estimate of drug-likeness (QED) is 0.268. The molecule has 1 aromatic carbocycles. The van der Waals surface area contributed by atoms with Crippen molar-refractivity contribution in [1.29, 1.82) is 0 Å². The first-order valence-electron chi connectivity index (χ1n) is 14.0. The number of piperazine rings is 1. The number of aliphatic hydroxyl groups is 1. The number of aldehydes is 1. The Labute approximate surface area is 241 Å². The van der Waals surface area contributed by atoms with Crippen LogP contribution in [0, 0.1) is 5.92 Å². The smallest absolute Gasteiger partial charge is 0.411 e. The summed E-state index contributed by atoms with van der Waals surface area (Å²) >= 11 is 0. The van der Waals surface area contributed by atoms with E-state index in [2.05, 4.69) is 0 Å². The Kier molecular flexibility index (Phi) is 10.2. The molecule has 0 radical (unpaired) electrons. The highest BCUT2D eigenvalue weighted by Gasteiger charge is 2.59. The minimum absolute atomic E-state index is 0.0435. The van der Waals surface area contributed by atoms with Crippen LogP contribution in [0.3, 0.4) is 0 Å². The summed E-state index contributed by atoms with van der Waals surface area (Å²) in [5.41, 5.74) is -0.953. The molecular formula is C30H42N2O9. The molecule has 2 amide bonds. The maximum Gasteiger partial charge on any atom is 0.411 e. The number of carbonyl (C=O) groups is 5. The molecule has 0 bridgehead atoms. The van der Waals surface area contributed by atoms with Gasteiger partial charge in [0, 0.05) is 12.5 Å². The van der Waals surface area contributed by atoms with E-state index in [1.807, 2.05) is 6.07 Å². The van der Waals surface area contributed by atoms with Crippen LogP contribution in [0.1, 0.15) is 72.8 Å². The second-order valence-corrected chi connectivity index (χ2v) is 12.5. The van der Waals surface area contributed by atoms with E-state index >= 15 is 0 Å². The summed E-state index contributed by atoms with van der Waals surface area (Å²) in [6.45, 7) is 9.89. The van der Waals surface area contributed by atoms with Crippen molar-refractivity contribution >= 4 is 30.2 Å². The largest absolute Gasteiger partial charge is 0.460 e. The van der Waals surface area contributed by atoms with E-state index in [-0.39, 0.29) is 38.9 Å². The molecule has 0 aromatic heterocycles. The SMILES string of the molecule is CC(C)(C)OC(=O)C[C@@H]1[C@@H]2C[C@H](C=O)[C@@H](C(=O)OC(C)(C)C)N2C(=O)[C@H](CCCO)N1C(=O)OCc1ccccc1. The van der Waals surface area contributed by atoms with Gasteiger partial charge in [0.1, 0.15) is 36.2 Å². The second kappa shape index (κ2) is 13.0. The van der Waals surface area contributed by atoms with Crippen LogP contribution in [0.5, 0.6) is 0 Å².